The number of hydrogen-bond donors (Lipinski definition) is 1. The fraction of sp³-hybridized carbons (Fsp3) is 0.133. The average Bonchev–Trinajstić information content (AvgIpc) is 2.48. The van der Waals surface area contributed by atoms with Crippen molar-refractivity contribution in [2.24, 2.45) is 0 Å². The number of halogens is 1. The summed E-state index contributed by atoms with van der Waals surface area (Å²) in [5.74, 6) is 0. The predicted molar refractivity (Wildman–Crippen MR) is 83.9 cm³/mol. The van der Waals surface area contributed by atoms with Crippen molar-refractivity contribution in [3.05, 3.63) is 64.1 Å². The van der Waals surface area contributed by atoms with Crippen LogP contribution in [0.4, 0.5) is 0 Å². The van der Waals surface area contributed by atoms with Gasteiger partial charge in [-0.25, -0.2) is 13.1 Å². The molecule has 4 nitrogen and oxygen atoms in total. The SMILES string of the molecule is N#CCc1ccc(S(=O)(=O)NCc2ccc(Br)cc2)cc1. The van der Waals surface area contributed by atoms with Crippen LogP contribution in [0.2, 0.25) is 0 Å². The molecule has 0 aliphatic heterocycles. The molecular weight excluding hydrogens is 352 g/mol. The highest BCUT2D eigenvalue weighted by molar-refractivity contribution is 9.10. The molecule has 2 aromatic rings. The van der Waals surface area contributed by atoms with Crippen molar-refractivity contribution in [3.8, 4) is 6.07 Å². The quantitative estimate of drug-likeness (QED) is 0.886. The van der Waals surface area contributed by atoms with Crippen LogP contribution in [0.15, 0.2) is 57.9 Å². The van der Waals surface area contributed by atoms with Gasteiger partial charge in [-0.2, -0.15) is 5.26 Å². The Bertz CT molecular complexity index is 748. The summed E-state index contributed by atoms with van der Waals surface area (Å²) < 4.78 is 27.8. The van der Waals surface area contributed by atoms with Gasteiger partial charge in [-0.3, -0.25) is 0 Å². The van der Waals surface area contributed by atoms with Gasteiger partial charge in [-0.15, -0.1) is 0 Å². The number of sulfonamides is 1. The van der Waals surface area contributed by atoms with Crippen molar-refractivity contribution in [2.75, 3.05) is 0 Å². The highest BCUT2D eigenvalue weighted by Gasteiger charge is 2.13. The van der Waals surface area contributed by atoms with Crippen LogP contribution in [0.5, 0.6) is 0 Å². The highest BCUT2D eigenvalue weighted by atomic mass is 79.9. The van der Waals surface area contributed by atoms with E-state index >= 15 is 0 Å². The lowest BCUT2D eigenvalue weighted by molar-refractivity contribution is 0.581. The zero-order valence-electron chi connectivity index (χ0n) is 11.1. The summed E-state index contributed by atoms with van der Waals surface area (Å²) in [5.41, 5.74) is 1.67. The normalized spacial score (nSPS) is 11.0. The Morgan fingerprint density at radius 2 is 1.57 bits per heavy atom. The first-order valence-corrected chi connectivity index (χ1v) is 8.49. The van der Waals surface area contributed by atoms with E-state index in [1.807, 2.05) is 30.3 Å². The van der Waals surface area contributed by atoms with E-state index in [1.165, 1.54) is 12.1 Å². The minimum absolute atomic E-state index is 0.196. The lowest BCUT2D eigenvalue weighted by Crippen LogP contribution is -2.23. The zero-order valence-corrected chi connectivity index (χ0v) is 13.5. The number of rotatable bonds is 5. The second-order valence-electron chi connectivity index (χ2n) is 4.43. The summed E-state index contributed by atoms with van der Waals surface area (Å²) in [5, 5.41) is 8.59. The Morgan fingerprint density at radius 1 is 1.00 bits per heavy atom. The molecule has 0 aliphatic carbocycles. The van der Waals surface area contributed by atoms with Gasteiger partial charge in [0.15, 0.2) is 0 Å². The van der Waals surface area contributed by atoms with Crippen LogP contribution in [0.25, 0.3) is 0 Å². The zero-order chi connectivity index (χ0) is 15.3. The van der Waals surface area contributed by atoms with E-state index < -0.39 is 10.0 Å². The van der Waals surface area contributed by atoms with Crippen LogP contribution in [0, 0.1) is 11.3 Å². The van der Waals surface area contributed by atoms with Gasteiger partial charge in [0.1, 0.15) is 0 Å². The van der Waals surface area contributed by atoms with E-state index in [4.69, 9.17) is 5.26 Å². The number of nitrogens with zero attached hydrogens (tertiary/aromatic N) is 1. The summed E-state index contributed by atoms with van der Waals surface area (Å²) in [6.07, 6.45) is 0.270. The third-order valence-electron chi connectivity index (χ3n) is 2.90. The number of nitrogens with one attached hydrogen (secondary N) is 1. The van der Waals surface area contributed by atoms with Crippen molar-refractivity contribution in [3.63, 3.8) is 0 Å². The fourth-order valence-corrected chi connectivity index (χ4v) is 3.02. The maximum Gasteiger partial charge on any atom is 0.240 e. The lowest BCUT2D eigenvalue weighted by atomic mass is 10.2. The van der Waals surface area contributed by atoms with E-state index in [2.05, 4.69) is 20.7 Å². The number of benzene rings is 2. The first-order chi connectivity index (χ1) is 10.0. The van der Waals surface area contributed by atoms with E-state index in [1.54, 1.807) is 12.1 Å². The van der Waals surface area contributed by atoms with Gasteiger partial charge in [-0.1, -0.05) is 40.2 Å². The van der Waals surface area contributed by atoms with E-state index in [0.29, 0.717) is 0 Å². The Labute approximate surface area is 132 Å². The van der Waals surface area contributed by atoms with Crippen LogP contribution < -0.4 is 4.72 Å². The maximum absolute atomic E-state index is 12.2. The maximum atomic E-state index is 12.2. The van der Waals surface area contributed by atoms with E-state index in [0.717, 1.165) is 15.6 Å². The molecule has 6 heteroatoms. The molecule has 0 bridgehead atoms. The third kappa shape index (κ3) is 4.39. The minimum Gasteiger partial charge on any atom is -0.207 e. The number of hydrogen-bond acceptors (Lipinski definition) is 3. The van der Waals surface area contributed by atoms with E-state index in [9.17, 15) is 8.42 Å². The molecule has 1 N–H and O–H groups in total. The largest absolute Gasteiger partial charge is 0.240 e. The summed E-state index contributed by atoms with van der Waals surface area (Å²) in [7, 11) is -3.54. The molecule has 0 saturated carbocycles. The molecule has 0 heterocycles. The molecule has 2 rings (SSSR count). The van der Waals surface area contributed by atoms with E-state index in [-0.39, 0.29) is 17.9 Å². The first-order valence-electron chi connectivity index (χ1n) is 6.21. The standard InChI is InChI=1S/C15H13BrN2O2S/c16-14-5-1-13(2-6-14)11-18-21(19,20)15-7-3-12(4-8-15)9-10-17/h1-8,18H,9,11H2. The van der Waals surface area contributed by atoms with Crippen molar-refractivity contribution < 1.29 is 8.42 Å². The molecule has 0 unspecified atom stereocenters. The molecule has 0 atom stereocenters. The van der Waals surface area contributed by atoms with Gasteiger partial charge in [0.2, 0.25) is 10.0 Å². The molecule has 0 saturated heterocycles. The molecule has 0 fully saturated rings. The third-order valence-corrected chi connectivity index (χ3v) is 4.84. The Balaban J connectivity index is 2.07. The second kappa shape index (κ2) is 6.85. The summed E-state index contributed by atoms with van der Waals surface area (Å²) in [4.78, 5) is 0.196. The van der Waals surface area contributed by atoms with Crippen molar-refractivity contribution in [1.82, 2.24) is 4.72 Å². The topological polar surface area (TPSA) is 70.0 Å². The summed E-state index contributed by atoms with van der Waals surface area (Å²) in [6, 6.07) is 15.8. The minimum atomic E-state index is -3.54. The second-order valence-corrected chi connectivity index (χ2v) is 7.11. The Hall–Kier alpha value is -1.68. The molecule has 0 spiro atoms. The van der Waals surface area contributed by atoms with Crippen LogP contribution in [0.3, 0.4) is 0 Å². The summed E-state index contributed by atoms with van der Waals surface area (Å²) in [6.45, 7) is 0.232. The molecular formula is C15H13BrN2O2S. The number of nitriles is 1. The molecule has 2 aromatic carbocycles. The van der Waals surface area contributed by atoms with Crippen molar-refractivity contribution in [2.45, 2.75) is 17.9 Å². The Morgan fingerprint density at radius 3 is 2.14 bits per heavy atom. The van der Waals surface area contributed by atoms with Gasteiger partial charge >= 0.3 is 0 Å². The molecule has 0 aromatic heterocycles. The van der Waals surface area contributed by atoms with Crippen LogP contribution in [0.1, 0.15) is 11.1 Å². The molecule has 21 heavy (non-hydrogen) atoms. The predicted octanol–water partition coefficient (Wildman–Crippen LogP) is 2.99. The lowest BCUT2D eigenvalue weighted by Gasteiger charge is -2.07. The molecule has 108 valence electrons. The van der Waals surface area contributed by atoms with Crippen molar-refractivity contribution in [1.29, 1.82) is 5.26 Å². The fourth-order valence-electron chi connectivity index (χ4n) is 1.74. The van der Waals surface area contributed by atoms with Crippen LogP contribution in [-0.4, -0.2) is 8.42 Å². The van der Waals surface area contributed by atoms with Gasteiger partial charge in [-0.05, 0) is 35.4 Å². The van der Waals surface area contributed by atoms with Gasteiger partial charge in [0.25, 0.3) is 0 Å². The molecule has 0 radical (unpaired) electrons. The molecule has 0 aliphatic rings. The van der Waals surface area contributed by atoms with Crippen LogP contribution in [-0.2, 0) is 23.0 Å². The Kier molecular flexibility index (Phi) is 5.12. The average molecular weight is 365 g/mol. The molecule has 0 amide bonds. The summed E-state index contributed by atoms with van der Waals surface area (Å²) >= 11 is 3.33. The van der Waals surface area contributed by atoms with Gasteiger partial charge in [0.05, 0.1) is 17.4 Å². The highest BCUT2D eigenvalue weighted by Crippen LogP contribution is 2.13. The van der Waals surface area contributed by atoms with Gasteiger partial charge in [0, 0.05) is 11.0 Å². The monoisotopic (exact) mass is 364 g/mol. The van der Waals surface area contributed by atoms with Crippen molar-refractivity contribution >= 4 is 26.0 Å². The smallest absolute Gasteiger partial charge is 0.207 e. The van der Waals surface area contributed by atoms with Crippen LogP contribution >= 0.6 is 15.9 Å². The van der Waals surface area contributed by atoms with Gasteiger partial charge < -0.3 is 0 Å². The first kappa shape index (κ1) is 15.7.